The molecule has 0 saturated carbocycles. The number of amides is 1. The van der Waals surface area contributed by atoms with Crippen LogP contribution in [0.3, 0.4) is 0 Å². The van der Waals surface area contributed by atoms with Gasteiger partial charge in [-0.05, 0) is 108 Å². The van der Waals surface area contributed by atoms with Crippen LogP contribution >= 0.6 is 69.6 Å². The number of phenolic OH excluding ortho intramolecular Hbond substituents is 2. The molecule has 0 aliphatic rings. The number of halogens is 6. The number of hydrogen-bond donors (Lipinski definition) is 5. The lowest BCUT2D eigenvalue weighted by Crippen LogP contribution is -2.13. The zero-order chi connectivity index (χ0) is 38.0. The summed E-state index contributed by atoms with van der Waals surface area (Å²) in [6.07, 6.45) is 0. The topological polar surface area (TPSA) is 168 Å². The summed E-state index contributed by atoms with van der Waals surface area (Å²) in [6.45, 7) is 1.80. The Balaban J connectivity index is 0.000000481. The monoisotopic (exact) mass is 838 g/mol. The summed E-state index contributed by atoms with van der Waals surface area (Å²) >= 11 is 34.4. The van der Waals surface area contributed by atoms with E-state index in [0.717, 1.165) is 5.56 Å². The van der Waals surface area contributed by atoms with Crippen LogP contribution in [0, 0.1) is 18.3 Å². The average molecular weight is 841 g/mol. The number of carboxylic acids is 1. The summed E-state index contributed by atoms with van der Waals surface area (Å²) in [5.41, 5.74) is 2.46. The molecule has 0 aliphatic heterocycles. The third kappa shape index (κ3) is 13.1. The van der Waals surface area contributed by atoms with Crippen LogP contribution in [0.15, 0.2) is 91.0 Å². The van der Waals surface area contributed by atoms with E-state index in [2.05, 4.69) is 11.4 Å². The third-order valence-corrected chi connectivity index (χ3v) is 8.29. The van der Waals surface area contributed by atoms with Crippen LogP contribution in [0.1, 0.15) is 68.5 Å². The van der Waals surface area contributed by atoms with Gasteiger partial charge in [0.15, 0.2) is 0 Å². The number of aryl methyl sites for hydroxylation is 1. The van der Waals surface area contributed by atoms with Gasteiger partial charge in [-0.1, -0.05) is 91.1 Å². The van der Waals surface area contributed by atoms with Crippen molar-refractivity contribution in [1.82, 2.24) is 0 Å². The average Bonchev–Trinajstić information content (AvgIpc) is 3.08. The van der Waals surface area contributed by atoms with E-state index >= 15 is 0 Å². The van der Waals surface area contributed by atoms with Crippen LogP contribution in [0.25, 0.3) is 0 Å². The van der Waals surface area contributed by atoms with Gasteiger partial charge >= 0.3 is 5.97 Å². The first-order chi connectivity index (χ1) is 24.0. The molecule has 5 rings (SSSR count). The van der Waals surface area contributed by atoms with Crippen molar-refractivity contribution in [2.45, 2.75) is 27.7 Å². The minimum Gasteiger partial charge on any atom is -0.507 e. The van der Waals surface area contributed by atoms with E-state index in [1.165, 1.54) is 54.6 Å². The van der Waals surface area contributed by atoms with E-state index in [-0.39, 0.29) is 48.8 Å². The summed E-state index contributed by atoms with van der Waals surface area (Å²) in [6, 6.07) is 24.8. The molecule has 5 aromatic rings. The van der Waals surface area contributed by atoms with Crippen LogP contribution in [0.4, 0.5) is 5.69 Å². The number of carbonyl (C=O) groups is 3. The zero-order valence-corrected chi connectivity index (χ0v) is 30.5. The molecule has 0 fully saturated rings. The van der Waals surface area contributed by atoms with Crippen molar-refractivity contribution in [2.24, 2.45) is 0 Å². The number of nitrogens with one attached hydrogen (secondary N) is 1. The fourth-order valence-corrected chi connectivity index (χ4v) is 5.33. The maximum Gasteiger partial charge on any atom is 0.339 e. The van der Waals surface area contributed by atoms with Gasteiger partial charge in [0.1, 0.15) is 22.8 Å². The lowest BCUT2D eigenvalue weighted by molar-refractivity contribution is 0.0693. The zero-order valence-electron chi connectivity index (χ0n) is 26.0. The quantitative estimate of drug-likeness (QED) is 0.105. The Labute approximate surface area is 336 Å². The number of hydrogen-bond acceptors (Lipinski definition) is 7. The molecule has 278 valence electrons. The van der Waals surface area contributed by atoms with Crippen molar-refractivity contribution in [3.8, 4) is 23.3 Å². The molecule has 0 saturated heterocycles. The van der Waals surface area contributed by atoms with Crippen molar-refractivity contribution < 1.29 is 34.8 Å². The van der Waals surface area contributed by atoms with Crippen molar-refractivity contribution in [2.75, 3.05) is 5.32 Å². The van der Waals surface area contributed by atoms with Gasteiger partial charge in [-0.15, -0.1) is 0 Å². The Kier molecular flexibility index (Phi) is 18.5. The molecule has 15 heteroatoms. The van der Waals surface area contributed by atoms with E-state index in [4.69, 9.17) is 84.9 Å². The van der Waals surface area contributed by atoms with Gasteiger partial charge < -0.3 is 25.7 Å². The molecular weight excluding hydrogens is 809 g/mol. The van der Waals surface area contributed by atoms with Gasteiger partial charge in [0.25, 0.3) is 11.1 Å². The number of nitrogens with zero attached hydrogens (tertiary/aromatic N) is 1. The number of phenols is 3. The minimum absolute atomic E-state index is 0. The molecule has 0 bridgehead atoms. The predicted octanol–water partition coefficient (Wildman–Crippen LogP) is 12.0. The lowest BCUT2D eigenvalue weighted by Gasteiger charge is -2.16. The van der Waals surface area contributed by atoms with Crippen molar-refractivity contribution in [1.29, 1.82) is 5.26 Å². The first kappa shape index (κ1) is 46.4. The maximum atomic E-state index is 12.5. The van der Waals surface area contributed by atoms with Crippen LogP contribution < -0.4 is 5.32 Å². The molecule has 0 heterocycles. The van der Waals surface area contributed by atoms with Crippen LogP contribution in [0.2, 0.25) is 25.1 Å². The van der Waals surface area contributed by atoms with Crippen molar-refractivity contribution in [3.05, 3.63) is 149 Å². The first-order valence-corrected chi connectivity index (χ1v) is 16.4. The van der Waals surface area contributed by atoms with E-state index < -0.39 is 23.0 Å². The SMILES string of the molecule is C.C.Cc1cc(C(C#N)c2ccc(Cl)cc2)c(Cl)cc1NC(=O)c1cc(Cl)ccc1O.O=C(Cl)c1cc(Cl)ccc1O.O=C(O)c1cc(Cl)ccc1O. The summed E-state index contributed by atoms with van der Waals surface area (Å²) in [5, 5.41) is 50.0. The number of rotatable bonds is 6. The fraction of sp³-hybridized carbons (Fsp3) is 0.105. The number of benzene rings is 5. The van der Waals surface area contributed by atoms with Crippen LogP contribution in [-0.4, -0.2) is 37.5 Å². The highest BCUT2D eigenvalue weighted by molar-refractivity contribution is 6.68. The Hall–Kier alpha value is -4.66. The van der Waals surface area contributed by atoms with E-state index in [0.29, 0.717) is 41.9 Å². The molecule has 0 aromatic heterocycles. The number of aromatic carboxylic acids is 1. The predicted molar refractivity (Wildman–Crippen MR) is 213 cm³/mol. The van der Waals surface area contributed by atoms with E-state index in [9.17, 15) is 24.8 Å². The van der Waals surface area contributed by atoms with Gasteiger partial charge in [0, 0.05) is 30.8 Å². The molecule has 0 aliphatic carbocycles. The van der Waals surface area contributed by atoms with E-state index in [1.807, 2.05) is 0 Å². The standard InChI is InChI=1S/C22H15Cl3N2O2.C7H4Cl2O2.C7H5ClO3.2CH4/c1-12-8-16(18(11-26)13-2-4-14(23)5-3-13)19(25)10-20(12)27-22(29)17-9-15(24)6-7-21(17)28;8-4-1-2-6(10)5(3-4)7(9)11;8-4-1-2-6(9)5(3-4)7(10)11;;/h2-10,18,28H,1H3,(H,27,29);1-3,10H;1-3,9H,(H,10,11);2*1H4. The van der Waals surface area contributed by atoms with Gasteiger partial charge in [-0.3, -0.25) is 9.59 Å². The Morgan fingerprint density at radius 1 is 0.660 bits per heavy atom. The Bertz CT molecular complexity index is 2080. The first-order valence-electron chi connectivity index (χ1n) is 14.2. The smallest absolute Gasteiger partial charge is 0.339 e. The van der Waals surface area contributed by atoms with Crippen molar-refractivity contribution >= 4 is 92.4 Å². The second kappa shape index (κ2) is 21.1. The molecule has 5 N–H and O–H groups in total. The lowest BCUT2D eigenvalue weighted by atomic mass is 9.91. The van der Waals surface area contributed by atoms with Gasteiger partial charge in [0.2, 0.25) is 0 Å². The fourth-order valence-electron chi connectivity index (χ4n) is 4.26. The normalized spacial score (nSPS) is 10.3. The van der Waals surface area contributed by atoms with Gasteiger partial charge in [-0.2, -0.15) is 5.26 Å². The molecule has 1 unspecified atom stereocenters. The molecular formula is C38H32Cl6N2O7. The molecule has 0 radical (unpaired) electrons. The highest BCUT2D eigenvalue weighted by atomic mass is 35.5. The largest absolute Gasteiger partial charge is 0.507 e. The summed E-state index contributed by atoms with van der Waals surface area (Å²) in [7, 11) is 0. The number of carbonyl (C=O) groups excluding carboxylic acids is 2. The maximum absolute atomic E-state index is 12.5. The minimum atomic E-state index is -1.19. The van der Waals surface area contributed by atoms with Gasteiger partial charge in [-0.25, -0.2) is 4.79 Å². The number of anilines is 1. The number of aromatic hydroxyl groups is 3. The van der Waals surface area contributed by atoms with Gasteiger partial charge in [0.05, 0.1) is 23.1 Å². The molecule has 1 amide bonds. The van der Waals surface area contributed by atoms with Crippen LogP contribution in [-0.2, 0) is 0 Å². The summed E-state index contributed by atoms with van der Waals surface area (Å²) < 4.78 is 0. The second-order valence-electron chi connectivity index (χ2n) is 10.3. The number of nitriles is 1. The molecule has 53 heavy (non-hydrogen) atoms. The summed E-state index contributed by atoms with van der Waals surface area (Å²) in [5.74, 6) is -2.91. The highest BCUT2D eigenvalue weighted by Crippen LogP contribution is 2.35. The molecule has 0 spiro atoms. The second-order valence-corrected chi connectivity index (χ2v) is 12.8. The van der Waals surface area contributed by atoms with Crippen LogP contribution in [0.5, 0.6) is 17.2 Å². The summed E-state index contributed by atoms with van der Waals surface area (Å²) in [4.78, 5) is 33.5. The Morgan fingerprint density at radius 3 is 1.53 bits per heavy atom. The van der Waals surface area contributed by atoms with Crippen molar-refractivity contribution in [3.63, 3.8) is 0 Å². The number of carboxylic acid groups (broad SMARTS) is 1. The highest BCUT2D eigenvalue weighted by Gasteiger charge is 2.20. The molecule has 5 aromatic carbocycles. The Morgan fingerprint density at radius 2 is 1.09 bits per heavy atom. The molecule has 9 nitrogen and oxygen atoms in total. The van der Waals surface area contributed by atoms with E-state index in [1.54, 1.807) is 43.3 Å². The third-order valence-electron chi connectivity index (χ3n) is 6.80. The molecule has 1 atom stereocenters.